The van der Waals surface area contributed by atoms with E-state index in [4.69, 9.17) is 19.7 Å². The number of carbonyl (C=O) groups is 2. The summed E-state index contributed by atoms with van der Waals surface area (Å²) in [6.45, 7) is 0. The van der Waals surface area contributed by atoms with Gasteiger partial charge in [0.1, 0.15) is 11.5 Å². The number of carboxylic acid groups (broad SMARTS) is 2. The minimum Gasteiger partial charge on any atom is -0.497 e. The van der Waals surface area contributed by atoms with Crippen LogP contribution in [-0.4, -0.2) is 36.4 Å². The average Bonchev–Trinajstić information content (AvgIpc) is 2.78. The van der Waals surface area contributed by atoms with E-state index in [1.807, 2.05) is 72.8 Å². The zero-order chi connectivity index (χ0) is 23.1. The molecule has 0 aliphatic heterocycles. The number of aliphatic carboxylic acids is 2. The van der Waals surface area contributed by atoms with Gasteiger partial charge in [-0.3, -0.25) is 9.59 Å². The minimum absolute atomic E-state index is 0.0575. The Morgan fingerprint density at radius 1 is 0.594 bits per heavy atom. The number of hydrogen-bond donors (Lipinski definition) is 2. The molecule has 4 aromatic rings. The highest BCUT2D eigenvalue weighted by atomic mass is 16.5. The molecule has 0 amide bonds. The molecule has 2 N–H and O–H groups in total. The SMILES string of the molecule is COc1ccc2cc(CC(=O)O)ccc2c1.COc1ccc2cc(CC(=O)O)ccc2c1. The van der Waals surface area contributed by atoms with Crippen molar-refractivity contribution in [3.05, 3.63) is 83.9 Å². The lowest BCUT2D eigenvalue weighted by molar-refractivity contribution is -0.137. The van der Waals surface area contributed by atoms with E-state index in [9.17, 15) is 9.59 Å². The van der Waals surface area contributed by atoms with Crippen molar-refractivity contribution in [2.24, 2.45) is 0 Å². The van der Waals surface area contributed by atoms with Crippen molar-refractivity contribution >= 4 is 33.5 Å². The molecule has 0 bridgehead atoms. The van der Waals surface area contributed by atoms with Crippen LogP contribution in [0.1, 0.15) is 11.1 Å². The maximum atomic E-state index is 10.6. The molecule has 0 saturated heterocycles. The van der Waals surface area contributed by atoms with E-state index < -0.39 is 11.9 Å². The van der Waals surface area contributed by atoms with Crippen LogP contribution in [0.25, 0.3) is 21.5 Å². The summed E-state index contributed by atoms with van der Waals surface area (Å²) in [6.07, 6.45) is 0.115. The Morgan fingerprint density at radius 2 is 0.938 bits per heavy atom. The summed E-state index contributed by atoms with van der Waals surface area (Å²) in [5.74, 6) is -0.0160. The van der Waals surface area contributed by atoms with Gasteiger partial charge in [-0.05, 0) is 56.9 Å². The summed E-state index contributed by atoms with van der Waals surface area (Å²) in [5, 5.41) is 21.6. The smallest absolute Gasteiger partial charge is 0.307 e. The van der Waals surface area contributed by atoms with Crippen LogP contribution in [0, 0.1) is 0 Å². The van der Waals surface area contributed by atoms with Crippen LogP contribution in [0.3, 0.4) is 0 Å². The normalized spacial score (nSPS) is 10.3. The molecule has 32 heavy (non-hydrogen) atoms. The lowest BCUT2D eigenvalue weighted by Gasteiger charge is -2.04. The molecule has 6 heteroatoms. The largest absolute Gasteiger partial charge is 0.497 e. The Kier molecular flexibility index (Phi) is 7.29. The maximum absolute atomic E-state index is 10.6. The molecule has 0 aliphatic rings. The van der Waals surface area contributed by atoms with E-state index in [0.29, 0.717) is 0 Å². The van der Waals surface area contributed by atoms with Gasteiger partial charge in [-0.2, -0.15) is 0 Å². The quantitative estimate of drug-likeness (QED) is 0.448. The molecule has 0 atom stereocenters. The van der Waals surface area contributed by atoms with Gasteiger partial charge in [0, 0.05) is 0 Å². The lowest BCUT2D eigenvalue weighted by Crippen LogP contribution is -1.99. The first-order valence-electron chi connectivity index (χ1n) is 9.95. The molecule has 0 aliphatic carbocycles. The lowest BCUT2D eigenvalue weighted by atomic mass is 10.0. The van der Waals surface area contributed by atoms with Crippen molar-refractivity contribution < 1.29 is 29.3 Å². The highest BCUT2D eigenvalue weighted by Gasteiger charge is 2.03. The van der Waals surface area contributed by atoms with Crippen LogP contribution >= 0.6 is 0 Å². The van der Waals surface area contributed by atoms with E-state index in [1.165, 1.54) is 0 Å². The van der Waals surface area contributed by atoms with E-state index in [-0.39, 0.29) is 12.8 Å². The Bertz CT molecular complexity index is 1160. The van der Waals surface area contributed by atoms with Gasteiger partial charge < -0.3 is 19.7 Å². The number of methoxy groups -OCH3 is 2. The van der Waals surface area contributed by atoms with Crippen molar-refractivity contribution in [3.8, 4) is 11.5 Å². The number of carboxylic acids is 2. The zero-order valence-electron chi connectivity index (χ0n) is 17.9. The summed E-state index contributed by atoms with van der Waals surface area (Å²) in [7, 11) is 3.25. The summed E-state index contributed by atoms with van der Waals surface area (Å²) in [5.41, 5.74) is 1.62. The van der Waals surface area contributed by atoms with Crippen LogP contribution < -0.4 is 9.47 Å². The third-order valence-corrected chi connectivity index (χ3v) is 4.93. The van der Waals surface area contributed by atoms with E-state index in [0.717, 1.165) is 44.2 Å². The monoisotopic (exact) mass is 432 g/mol. The first-order valence-corrected chi connectivity index (χ1v) is 9.95. The van der Waals surface area contributed by atoms with Crippen LogP contribution in [0.2, 0.25) is 0 Å². The number of hydrogen-bond acceptors (Lipinski definition) is 4. The predicted octanol–water partition coefficient (Wildman–Crippen LogP) is 4.95. The first-order chi connectivity index (χ1) is 15.4. The van der Waals surface area contributed by atoms with Gasteiger partial charge in [0.05, 0.1) is 27.1 Å². The molecular formula is C26H24O6. The Hall–Kier alpha value is -4.06. The van der Waals surface area contributed by atoms with Gasteiger partial charge in [0.2, 0.25) is 0 Å². The molecule has 0 aromatic heterocycles. The average molecular weight is 432 g/mol. The van der Waals surface area contributed by atoms with Crippen molar-refractivity contribution in [1.82, 2.24) is 0 Å². The second-order valence-electron chi connectivity index (χ2n) is 7.24. The molecule has 4 rings (SSSR count). The maximum Gasteiger partial charge on any atom is 0.307 e. The fourth-order valence-electron chi connectivity index (χ4n) is 3.37. The van der Waals surface area contributed by atoms with Gasteiger partial charge in [-0.25, -0.2) is 0 Å². The molecule has 6 nitrogen and oxygen atoms in total. The number of benzene rings is 4. The Morgan fingerprint density at radius 3 is 1.28 bits per heavy atom. The summed E-state index contributed by atoms with van der Waals surface area (Å²) < 4.78 is 10.2. The van der Waals surface area contributed by atoms with Crippen molar-refractivity contribution in [2.75, 3.05) is 14.2 Å². The summed E-state index contributed by atoms with van der Waals surface area (Å²) >= 11 is 0. The van der Waals surface area contributed by atoms with Gasteiger partial charge >= 0.3 is 11.9 Å². The minimum atomic E-state index is -0.812. The highest BCUT2D eigenvalue weighted by molar-refractivity contribution is 5.86. The Balaban J connectivity index is 0.000000181. The van der Waals surface area contributed by atoms with Crippen LogP contribution in [0.5, 0.6) is 11.5 Å². The molecule has 0 saturated carbocycles. The first kappa shape index (κ1) is 22.6. The van der Waals surface area contributed by atoms with Crippen LogP contribution in [0.15, 0.2) is 72.8 Å². The van der Waals surface area contributed by atoms with Crippen LogP contribution in [-0.2, 0) is 22.4 Å². The highest BCUT2D eigenvalue weighted by Crippen LogP contribution is 2.23. The number of ether oxygens (including phenoxy) is 2. The number of fused-ring (bicyclic) bond motifs is 2. The van der Waals surface area contributed by atoms with Gasteiger partial charge in [0.25, 0.3) is 0 Å². The third-order valence-electron chi connectivity index (χ3n) is 4.93. The van der Waals surface area contributed by atoms with E-state index in [2.05, 4.69) is 0 Å². The molecule has 0 fully saturated rings. The van der Waals surface area contributed by atoms with Crippen LogP contribution in [0.4, 0.5) is 0 Å². The second kappa shape index (κ2) is 10.3. The fraction of sp³-hybridized carbons (Fsp3) is 0.154. The molecule has 0 spiro atoms. The zero-order valence-corrected chi connectivity index (χ0v) is 17.9. The Labute approximate surface area is 185 Å². The molecule has 0 heterocycles. The molecule has 164 valence electrons. The van der Waals surface area contributed by atoms with E-state index in [1.54, 1.807) is 14.2 Å². The molecular weight excluding hydrogens is 408 g/mol. The standard InChI is InChI=1S/2C13H12O3/c2*1-16-12-5-4-10-6-9(7-13(14)15)2-3-11(10)8-12/h2*2-6,8H,7H2,1H3,(H,14,15). The van der Waals surface area contributed by atoms with Gasteiger partial charge in [0.15, 0.2) is 0 Å². The summed E-state index contributed by atoms with van der Waals surface area (Å²) in [6, 6.07) is 22.7. The van der Waals surface area contributed by atoms with E-state index >= 15 is 0 Å². The third kappa shape index (κ3) is 5.98. The van der Waals surface area contributed by atoms with Gasteiger partial charge in [-0.15, -0.1) is 0 Å². The molecule has 4 aromatic carbocycles. The van der Waals surface area contributed by atoms with Crippen molar-refractivity contribution in [1.29, 1.82) is 0 Å². The predicted molar refractivity (Wildman–Crippen MR) is 124 cm³/mol. The van der Waals surface area contributed by atoms with Crippen molar-refractivity contribution in [3.63, 3.8) is 0 Å². The number of rotatable bonds is 6. The summed E-state index contributed by atoms with van der Waals surface area (Å²) in [4.78, 5) is 21.2. The second-order valence-corrected chi connectivity index (χ2v) is 7.24. The topological polar surface area (TPSA) is 93.1 Å². The molecule has 0 radical (unpaired) electrons. The fourth-order valence-corrected chi connectivity index (χ4v) is 3.37. The molecule has 0 unspecified atom stereocenters. The van der Waals surface area contributed by atoms with Crippen molar-refractivity contribution in [2.45, 2.75) is 12.8 Å². The van der Waals surface area contributed by atoms with Gasteiger partial charge in [-0.1, -0.05) is 48.5 Å².